The third-order valence-corrected chi connectivity index (χ3v) is 5.78. The first-order chi connectivity index (χ1) is 8.23. The number of hydrogen-bond acceptors (Lipinski definition) is 1. The normalized spacial score (nSPS) is 40.6. The molecule has 0 radical (unpaired) electrons. The van der Waals surface area contributed by atoms with Crippen molar-refractivity contribution in [2.45, 2.75) is 48.8 Å². The summed E-state index contributed by atoms with van der Waals surface area (Å²) in [6.45, 7) is 0. The van der Waals surface area contributed by atoms with Gasteiger partial charge in [0.15, 0.2) is 0 Å². The van der Waals surface area contributed by atoms with Crippen molar-refractivity contribution in [3.8, 4) is 0 Å². The van der Waals surface area contributed by atoms with Gasteiger partial charge in [0.1, 0.15) is 0 Å². The van der Waals surface area contributed by atoms with E-state index in [1.807, 2.05) is 0 Å². The monoisotopic (exact) mass is 266 g/mol. The molecule has 0 aliphatic heterocycles. The average Bonchev–Trinajstić information content (AvgIpc) is 2.27. The van der Waals surface area contributed by atoms with Gasteiger partial charge in [0, 0.05) is 0 Å². The summed E-state index contributed by atoms with van der Waals surface area (Å²) in [6.07, 6.45) is 8.94. The van der Waals surface area contributed by atoms with Crippen LogP contribution in [0.4, 0.5) is 0 Å². The first-order valence-corrected chi connectivity index (χ1v) is 7.42. The summed E-state index contributed by atoms with van der Waals surface area (Å²) in [4.78, 5) is 0.985. The van der Waals surface area contributed by atoms with Crippen LogP contribution in [0.5, 0.6) is 0 Å². The molecule has 0 heterocycles. The second-order valence-corrected chi connectivity index (χ2v) is 7.19. The summed E-state index contributed by atoms with van der Waals surface area (Å²) >= 11 is 5.21. The zero-order valence-electron chi connectivity index (χ0n) is 11.2. The van der Waals surface area contributed by atoms with Gasteiger partial charge in [-0.15, -0.1) is 0 Å². The van der Waals surface area contributed by atoms with Crippen molar-refractivity contribution >= 4 is 12.6 Å². The van der Waals surface area contributed by atoms with E-state index < -0.39 is 0 Å². The van der Waals surface area contributed by atoms with Crippen LogP contribution in [0.1, 0.15) is 44.1 Å². The zero-order chi connectivity index (χ0) is 11.5. The molecule has 90 valence electrons. The summed E-state index contributed by atoms with van der Waals surface area (Å²) in [5.74, 6) is 3.10. The van der Waals surface area contributed by atoms with Crippen LogP contribution in [-0.4, -0.2) is 0 Å². The maximum absolute atomic E-state index is 5.21. The van der Waals surface area contributed by atoms with Gasteiger partial charge in [0.2, 0.25) is 0 Å². The molecule has 0 amide bonds. The molecule has 0 atom stereocenters. The molecule has 0 spiro atoms. The minimum absolute atomic E-state index is 0. The Morgan fingerprint density at radius 1 is 0.833 bits per heavy atom. The molecule has 0 N–H and O–H groups in total. The van der Waals surface area contributed by atoms with Crippen molar-refractivity contribution in [2.75, 3.05) is 0 Å². The molecule has 0 unspecified atom stereocenters. The van der Waals surface area contributed by atoms with Gasteiger partial charge in [-0.25, -0.2) is 0 Å². The Bertz CT molecular complexity index is 402. The minimum atomic E-state index is 0. The minimum Gasteiger partial charge on any atom is -0.780 e. The molecule has 1 aromatic rings. The molecular formula is C16H19NaS. The first kappa shape index (κ1) is 13.4. The van der Waals surface area contributed by atoms with Crippen LogP contribution in [0, 0.1) is 17.8 Å². The molecule has 4 saturated carbocycles. The molecule has 0 aromatic heterocycles. The van der Waals surface area contributed by atoms with E-state index in [0.717, 1.165) is 22.6 Å². The fourth-order valence-electron chi connectivity index (χ4n) is 5.27. The molecule has 4 aliphatic rings. The Labute approximate surface area is 138 Å². The quantitative estimate of drug-likeness (QED) is 0.541. The van der Waals surface area contributed by atoms with Crippen LogP contribution in [0.2, 0.25) is 0 Å². The van der Waals surface area contributed by atoms with E-state index in [4.69, 9.17) is 12.6 Å². The maximum atomic E-state index is 5.21. The molecule has 0 nitrogen and oxygen atoms in total. The number of rotatable bonds is 1. The van der Waals surface area contributed by atoms with Gasteiger partial charge in [-0.3, -0.25) is 0 Å². The Kier molecular flexibility index (Phi) is 3.56. The summed E-state index contributed by atoms with van der Waals surface area (Å²) in [5.41, 5.74) is 2.13. The van der Waals surface area contributed by atoms with Gasteiger partial charge in [0.25, 0.3) is 0 Å². The molecule has 2 heteroatoms. The summed E-state index contributed by atoms with van der Waals surface area (Å²) in [7, 11) is 0. The molecule has 0 saturated heterocycles. The van der Waals surface area contributed by atoms with Gasteiger partial charge in [-0.2, -0.15) is 4.90 Å². The van der Waals surface area contributed by atoms with E-state index in [-0.39, 0.29) is 29.6 Å². The van der Waals surface area contributed by atoms with E-state index in [2.05, 4.69) is 24.3 Å². The number of hydrogen-bond donors (Lipinski definition) is 0. The van der Waals surface area contributed by atoms with Crippen LogP contribution < -0.4 is 29.6 Å². The summed E-state index contributed by atoms with van der Waals surface area (Å²) < 4.78 is 0. The van der Waals surface area contributed by atoms with Crippen molar-refractivity contribution in [3.63, 3.8) is 0 Å². The molecule has 5 rings (SSSR count). The van der Waals surface area contributed by atoms with Gasteiger partial charge in [-0.05, 0) is 67.3 Å². The van der Waals surface area contributed by atoms with Crippen molar-refractivity contribution < 1.29 is 29.6 Å². The van der Waals surface area contributed by atoms with Crippen LogP contribution in [0.25, 0.3) is 0 Å². The van der Waals surface area contributed by atoms with Crippen LogP contribution in [-0.2, 0) is 18.0 Å². The Morgan fingerprint density at radius 3 is 1.72 bits per heavy atom. The third kappa shape index (κ3) is 2.08. The first-order valence-electron chi connectivity index (χ1n) is 7.01. The molecule has 4 bridgehead atoms. The largest absolute Gasteiger partial charge is 1.00 e. The van der Waals surface area contributed by atoms with E-state index in [9.17, 15) is 0 Å². The van der Waals surface area contributed by atoms with Gasteiger partial charge in [-0.1, -0.05) is 24.3 Å². The van der Waals surface area contributed by atoms with Gasteiger partial charge >= 0.3 is 29.6 Å². The number of benzene rings is 1. The fourth-order valence-corrected chi connectivity index (χ4v) is 5.41. The maximum Gasteiger partial charge on any atom is 1.00 e. The smallest absolute Gasteiger partial charge is 0.780 e. The van der Waals surface area contributed by atoms with Gasteiger partial charge < -0.3 is 12.6 Å². The molecule has 4 aliphatic carbocycles. The third-order valence-electron chi connectivity index (χ3n) is 5.50. The Balaban J connectivity index is 0.000001000. The summed E-state index contributed by atoms with van der Waals surface area (Å²) in [6, 6.07) is 8.89. The second-order valence-electron chi connectivity index (χ2n) is 6.72. The molecule has 1 aromatic carbocycles. The van der Waals surface area contributed by atoms with Crippen molar-refractivity contribution in [1.29, 1.82) is 0 Å². The molecule has 18 heavy (non-hydrogen) atoms. The van der Waals surface area contributed by atoms with Crippen molar-refractivity contribution in [3.05, 3.63) is 29.8 Å². The fraction of sp³-hybridized carbons (Fsp3) is 0.625. The average molecular weight is 266 g/mol. The second kappa shape index (κ2) is 4.77. The molecular weight excluding hydrogens is 247 g/mol. The SMILES string of the molecule is [Na+].[S-]c1ccc(C23CC4CC(CC(C4)C2)C3)cc1. The standard InChI is InChI=1S/C16H20S.Na/c17-15-3-1-14(2-4-15)16-8-11-5-12(9-16)7-13(6-11)10-16;/h1-4,11-13,17H,5-10H2;/q;+1/p-1. The predicted octanol–water partition coefficient (Wildman–Crippen LogP) is 1.06. The van der Waals surface area contributed by atoms with Crippen LogP contribution in [0.3, 0.4) is 0 Å². The Morgan fingerprint density at radius 2 is 1.28 bits per heavy atom. The summed E-state index contributed by atoms with van der Waals surface area (Å²) in [5, 5.41) is 0. The van der Waals surface area contributed by atoms with Gasteiger partial charge in [0.05, 0.1) is 0 Å². The van der Waals surface area contributed by atoms with E-state index in [1.54, 1.807) is 5.56 Å². The zero-order valence-corrected chi connectivity index (χ0v) is 14.0. The Hall–Kier alpha value is 0.440. The predicted molar refractivity (Wildman–Crippen MR) is 71.9 cm³/mol. The van der Waals surface area contributed by atoms with Crippen molar-refractivity contribution in [1.82, 2.24) is 0 Å². The van der Waals surface area contributed by atoms with Crippen LogP contribution >= 0.6 is 0 Å². The van der Waals surface area contributed by atoms with E-state index in [1.165, 1.54) is 38.5 Å². The van der Waals surface area contributed by atoms with E-state index >= 15 is 0 Å². The topological polar surface area (TPSA) is 0 Å². The van der Waals surface area contributed by atoms with Crippen LogP contribution in [0.15, 0.2) is 29.2 Å². The van der Waals surface area contributed by atoms with Crippen molar-refractivity contribution in [2.24, 2.45) is 17.8 Å². The molecule has 4 fully saturated rings. The van der Waals surface area contributed by atoms with E-state index in [0.29, 0.717) is 5.41 Å².